The normalized spacial score (nSPS) is 28.2. The monoisotopic (exact) mass is 201 g/mol. The van der Waals surface area contributed by atoms with Gasteiger partial charge in [-0.1, -0.05) is 19.6 Å². The van der Waals surface area contributed by atoms with Gasteiger partial charge in [-0.3, -0.25) is 5.41 Å². The van der Waals surface area contributed by atoms with Gasteiger partial charge in [0.05, 0.1) is 0 Å². The van der Waals surface area contributed by atoms with Gasteiger partial charge in [-0.2, -0.15) is 0 Å². The Hall–Kier alpha value is -0.510. The quantitative estimate of drug-likeness (QED) is 0.296. The van der Waals surface area contributed by atoms with Gasteiger partial charge in [-0.05, 0) is 31.6 Å². The molecule has 74 valence electrons. The third kappa shape index (κ3) is 3.38. The lowest BCUT2D eigenvalue weighted by Gasteiger charge is -2.25. The van der Waals surface area contributed by atoms with E-state index in [2.05, 4.69) is 24.3 Å². The zero-order chi connectivity index (χ0) is 9.84. The van der Waals surface area contributed by atoms with E-state index in [0.717, 1.165) is 31.6 Å². The first-order valence-corrected chi connectivity index (χ1v) is 5.03. The second-order valence-electron chi connectivity index (χ2n) is 3.69. The fraction of sp³-hybridized carbons (Fsp3) is 0.778. The largest absolute Gasteiger partial charge is 0.404 e. The Labute approximate surface area is 83.8 Å². The third-order valence-corrected chi connectivity index (χ3v) is 2.68. The van der Waals surface area contributed by atoms with Gasteiger partial charge in [-0.15, -0.1) is 0 Å². The van der Waals surface area contributed by atoms with E-state index in [4.69, 9.17) is 5.41 Å². The summed E-state index contributed by atoms with van der Waals surface area (Å²) >= 11 is 3.47. The van der Waals surface area contributed by atoms with Crippen molar-refractivity contribution in [2.75, 3.05) is 0 Å². The predicted octanol–water partition coefficient (Wildman–Crippen LogP) is 2.86. The Morgan fingerprint density at radius 2 is 1.92 bits per heavy atom. The highest BCUT2D eigenvalue weighted by Crippen LogP contribution is 2.29. The van der Waals surface area contributed by atoms with Gasteiger partial charge in [0.15, 0.2) is 5.90 Å². The zero-order valence-corrected chi connectivity index (χ0v) is 8.64. The lowest BCUT2D eigenvalue weighted by molar-refractivity contribution is 0.216. The highest BCUT2D eigenvalue weighted by molar-refractivity contribution is 7.96. The van der Waals surface area contributed by atoms with Crippen LogP contribution in [0.4, 0.5) is 4.79 Å². The number of nitrogens with one attached hydrogen (secondary N) is 1. The van der Waals surface area contributed by atoms with Crippen LogP contribution in [0.2, 0.25) is 0 Å². The molecular formula is C9H15NO2S. The summed E-state index contributed by atoms with van der Waals surface area (Å²) in [4.78, 5) is 10.5. The van der Waals surface area contributed by atoms with E-state index in [0.29, 0.717) is 0 Å². The maximum atomic E-state index is 10.5. The first kappa shape index (κ1) is 10.6. The molecule has 1 aliphatic rings. The van der Waals surface area contributed by atoms with E-state index in [-0.39, 0.29) is 11.8 Å². The Kier molecular flexibility index (Phi) is 3.78. The number of hydrogen-bond acceptors (Lipinski definition) is 3. The molecule has 1 aliphatic carbocycles. The Balaban J connectivity index is 2.36. The van der Waals surface area contributed by atoms with Crippen LogP contribution in [0.15, 0.2) is 0 Å². The van der Waals surface area contributed by atoms with E-state index in [1.807, 2.05) is 0 Å². The highest BCUT2D eigenvalue weighted by Gasteiger charge is 2.23. The number of rotatable bonds is 1. The van der Waals surface area contributed by atoms with E-state index >= 15 is 0 Å². The third-order valence-electron chi connectivity index (χ3n) is 2.58. The van der Waals surface area contributed by atoms with Crippen molar-refractivity contribution in [2.45, 2.75) is 32.6 Å². The first-order valence-electron chi connectivity index (χ1n) is 4.58. The molecule has 4 heteroatoms. The summed E-state index contributed by atoms with van der Waals surface area (Å²) < 4.78 is 4.63. The minimum absolute atomic E-state index is 0.0897. The molecule has 0 unspecified atom stereocenters. The molecule has 0 radical (unpaired) electrons. The van der Waals surface area contributed by atoms with Crippen LogP contribution in [0.5, 0.6) is 0 Å². The van der Waals surface area contributed by atoms with Crippen LogP contribution in [0.3, 0.4) is 0 Å². The molecule has 1 saturated carbocycles. The molecule has 0 aliphatic heterocycles. The topological polar surface area (TPSA) is 50.1 Å². The molecule has 0 aromatic heterocycles. The first-order chi connectivity index (χ1) is 6.09. The molecule has 1 rings (SSSR count). The molecule has 0 bridgehead atoms. The van der Waals surface area contributed by atoms with Crippen LogP contribution in [0.25, 0.3) is 0 Å². The zero-order valence-electron chi connectivity index (χ0n) is 7.75. The standard InChI is InChI=1S/C9H15NO2S/c1-6-2-4-7(5-3-6)8(10)12-9(11)13/h6-7,10H,2-5H2,1H3,(H,11,13). The van der Waals surface area contributed by atoms with Crippen LogP contribution >= 0.6 is 12.6 Å². The fourth-order valence-electron chi connectivity index (χ4n) is 1.70. The summed E-state index contributed by atoms with van der Waals surface area (Å²) in [5.41, 5.74) is 0. The van der Waals surface area contributed by atoms with Gasteiger partial charge in [0.25, 0.3) is 0 Å². The molecule has 0 atom stereocenters. The SMILES string of the molecule is CC1CCC(C(=N)OC(=O)S)CC1. The number of thiol groups is 1. The van der Waals surface area contributed by atoms with E-state index < -0.39 is 5.30 Å². The van der Waals surface area contributed by atoms with Gasteiger partial charge in [-0.25, -0.2) is 4.79 Å². The van der Waals surface area contributed by atoms with Crippen molar-refractivity contribution in [2.24, 2.45) is 11.8 Å². The van der Waals surface area contributed by atoms with Gasteiger partial charge >= 0.3 is 5.30 Å². The van der Waals surface area contributed by atoms with Crippen molar-refractivity contribution in [1.82, 2.24) is 0 Å². The van der Waals surface area contributed by atoms with Crippen molar-refractivity contribution in [3.05, 3.63) is 0 Å². The molecular weight excluding hydrogens is 186 g/mol. The summed E-state index contributed by atoms with van der Waals surface area (Å²) in [5.74, 6) is 0.968. The fourth-order valence-corrected chi connectivity index (χ4v) is 1.80. The van der Waals surface area contributed by atoms with Crippen LogP contribution in [-0.2, 0) is 4.74 Å². The van der Waals surface area contributed by atoms with Crippen molar-refractivity contribution in [1.29, 1.82) is 5.41 Å². The van der Waals surface area contributed by atoms with Crippen molar-refractivity contribution in [3.63, 3.8) is 0 Å². The van der Waals surface area contributed by atoms with E-state index in [1.165, 1.54) is 0 Å². The summed E-state index contributed by atoms with van der Waals surface area (Å²) in [6.45, 7) is 2.21. The number of ether oxygens (including phenoxy) is 1. The Morgan fingerprint density at radius 3 is 2.38 bits per heavy atom. The van der Waals surface area contributed by atoms with Crippen molar-refractivity contribution >= 4 is 23.8 Å². The number of hydrogen-bond donors (Lipinski definition) is 2. The molecule has 3 nitrogen and oxygen atoms in total. The molecule has 0 spiro atoms. The molecule has 13 heavy (non-hydrogen) atoms. The lowest BCUT2D eigenvalue weighted by atomic mass is 9.83. The van der Waals surface area contributed by atoms with Crippen LogP contribution in [-0.4, -0.2) is 11.2 Å². The average Bonchev–Trinajstić information content (AvgIpc) is 2.04. The minimum atomic E-state index is -0.677. The molecule has 0 heterocycles. The molecule has 0 amide bonds. The molecule has 0 aromatic rings. The minimum Gasteiger partial charge on any atom is -0.404 e. The van der Waals surface area contributed by atoms with Gasteiger partial charge in [0.2, 0.25) is 0 Å². The summed E-state index contributed by atoms with van der Waals surface area (Å²) in [5, 5.41) is 6.81. The summed E-state index contributed by atoms with van der Waals surface area (Å²) in [6.07, 6.45) is 4.16. The maximum absolute atomic E-state index is 10.5. The summed E-state index contributed by atoms with van der Waals surface area (Å²) in [6, 6.07) is 0. The van der Waals surface area contributed by atoms with Crippen LogP contribution < -0.4 is 0 Å². The van der Waals surface area contributed by atoms with Crippen LogP contribution in [0.1, 0.15) is 32.6 Å². The lowest BCUT2D eigenvalue weighted by Crippen LogP contribution is -2.23. The Bertz CT molecular complexity index is 210. The van der Waals surface area contributed by atoms with Crippen molar-refractivity contribution in [3.8, 4) is 0 Å². The number of carbonyl (C=O) groups is 1. The smallest absolute Gasteiger partial charge is 0.370 e. The average molecular weight is 201 g/mol. The van der Waals surface area contributed by atoms with Crippen molar-refractivity contribution < 1.29 is 9.53 Å². The predicted molar refractivity (Wildman–Crippen MR) is 54.3 cm³/mol. The second-order valence-corrected chi connectivity index (χ2v) is 4.05. The molecule has 1 N–H and O–H groups in total. The second kappa shape index (κ2) is 4.65. The van der Waals surface area contributed by atoms with Crippen LogP contribution in [0, 0.1) is 17.2 Å². The maximum Gasteiger partial charge on any atom is 0.370 e. The molecule has 0 saturated heterocycles. The van der Waals surface area contributed by atoms with Gasteiger partial charge in [0, 0.05) is 5.92 Å². The highest BCUT2D eigenvalue weighted by atomic mass is 32.1. The molecule has 1 fully saturated rings. The van der Waals surface area contributed by atoms with E-state index in [9.17, 15) is 4.79 Å². The molecule has 0 aromatic carbocycles. The summed E-state index contributed by atoms with van der Waals surface area (Å²) in [7, 11) is 0. The number of carbonyl (C=O) groups excluding carboxylic acids is 1. The van der Waals surface area contributed by atoms with Gasteiger partial charge in [0.1, 0.15) is 0 Å². The Morgan fingerprint density at radius 1 is 1.38 bits per heavy atom. The van der Waals surface area contributed by atoms with E-state index in [1.54, 1.807) is 0 Å². The van der Waals surface area contributed by atoms with Gasteiger partial charge < -0.3 is 4.74 Å².